The number of rotatable bonds is 4. The lowest BCUT2D eigenvalue weighted by Gasteiger charge is -2.04. The van der Waals surface area contributed by atoms with E-state index in [1.54, 1.807) is 27.1 Å². The largest absolute Gasteiger partial charge is 0.448 e. The highest BCUT2D eigenvalue weighted by Crippen LogP contribution is 2.11. The molecule has 0 saturated carbocycles. The van der Waals surface area contributed by atoms with Crippen molar-refractivity contribution in [2.45, 2.75) is 13.5 Å². The summed E-state index contributed by atoms with van der Waals surface area (Å²) in [5.41, 5.74) is 0.676. The number of nitrogens with one attached hydrogen (secondary N) is 1. The van der Waals surface area contributed by atoms with Crippen molar-refractivity contribution in [2.75, 3.05) is 26.1 Å². The average Bonchev–Trinajstić information content (AvgIpc) is 2.62. The second-order valence-electron chi connectivity index (χ2n) is 2.81. The molecule has 1 N–H and O–H groups in total. The number of anilines is 1. The van der Waals surface area contributed by atoms with Gasteiger partial charge in [-0.15, -0.1) is 4.68 Å². The zero-order valence-electron chi connectivity index (χ0n) is 9.11. The van der Waals surface area contributed by atoms with Crippen molar-refractivity contribution < 1.29 is 14.3 Å². The van der Waals surface area contributed by atoms with Crippen LogP contribution >= 0.6 is 0 Å². The maximum Gasteiger partial charge on any atom is 0.436 e. The third kappa shape index (κ3) is 2.69. The van der Waals surface area contributed by atoms with Gasteiger partial charge >= 0.3 is 6.09 Å². The van der Waals surface area contributed by atoms with Crippen LogP contribution in [-0.2, 0) is 16.1 Å². The molecule has 1 heterocycles. The van der Waals surface area contributed by atoms with Crippen LogP contribution in [0.5, 0.6) is 0 Å². The highest BCUT2D eigenvalue weighted by atomic mass is 16.6. The maximum atomic E-state index is 11.4. The van der Waals surface area contributed by atoms with Crippen molar-refractivity contribution in [2.24, 2.45) is 0 Å². The molecule has 15 heavy (non-hydrogen) atoms. The van der Waals surface area contributed by atoms with E-state index in [2.05, 4.69) is 10.4 Å². The van der Waals surface area contributed by atoms with Crippen molar-refractivity contribution in [1.82, 2.24) is 9.78 Å². The van der Waals surface area contributed by atoms with Gasteiger partial charge in [0.1, 0.15) is 5.82 Å². The van der Waals surface area contributed by atoms with Crippen molar-refractivity contribution in [3.63, 3.8) is 0 Å². The summed E-state index contributed by atoms with van der Waals surface area (Å²) < 4.78 is 10.9. The summed E-state index contributed by atoms with van der Waals surface area (Å²) in [5, 5.41) is 6.90. The second kappa shape index (κ2) is 5.35. The first-order valence-electron chi connectivity index (χ1n) is 4.65. The van der Waals surface area contributed by atoms with Gasteiger partial charge in [-0.3, -0.25) is 0 Å². The molecule has 0 radical (unpaired) electrons. The lowest BCUT2D eigenvalue weighted by atomic mass is 10.4. The van der Waals surface area contributed by atoms with Crippen molar-refractivity contribution in [3.05, 3.63) is 11.8 Å². The molecular weight excluding hydrogens is 198 g/mol. The first kappa shape index (κ1) is 11.5. The summed E-state index contributed by atoms with van der Waals surface area (Å²) in [5.74, 6) is 0.584. The van der Waals surface area contributed by atoms with Crippen LogP contribution in [0.2, 0.25) is 0 Å². The van der Waals surface area contributed by atoms with Gasteiger partial charge in [-0.25, -0.2) is 4.79 Å². The lowest BCUT2D eigenvalue weighted by Crippen LogP contribution is -2.17. The number of carbonyl (C=O) groups excluding carboxylic acids is 1. The first-order valence-corrected chi connectivity index (χ1v) is 4.65. The Morgan fingerprint density at radius 1 is 1.67 bits per heavy atom. The Balaban J connectivity index is 2.89. The van der Waals surface area contributed by atoms with E-state index < -0.39 is 6.09 Å². The summed E-state index contributed by atoms with van der Waals surface area (Å²) in [6.45, 7) is 2.43. The molecule has 1 aromatic rings. The quantitative estimate of drug-likeness (QED) is 0.810. The van der Waals surface area contributed by atoms with Crippen LogP contribution in [0.3, 0.4) is 0 Å². The minimum atomic E-state index is -0.496. The monoisotopic (exact) mass is 213 g/mol. The standard InChI is InChI=1S/C9H15N3O3/c1-4-15-9(13)12-8(10-2)5-7(11-12)6-14-3/h5,10H,4,6H2,1-3H3. The van der Waals surface area contributed by atoms with Crippen LogP contribution in [0.15, 0.2) is 6.07 Å². The van der Waals surface area contributed by atoms with Crippen molar-refractivity contribution in [3.8, 4) is 0 Å². The van der Waals surface area contributed by atoms with Gasteiger partial charge in [0.25, 0.3) is 0 Å². The summed E-state index contributed by atoms with van der Waals surface area (Å²) in [7, 11) is 3.28. The summed E-state index contributed by atoms with van der Waals surface area (Å²) >= 11 is 0. The fourth-order valence-electron chi connectivity index (χ4n) is 1.15. The summed E-state index contributed by atoms with van der Waals surface area (Å²) in [4.78, 5) is 11.4. The Hall–Kier alpha value is -1.56. The molecule has 0 fully saturated rings. The Labute approximate surface area is 88.2 Å². The van der Waals surface area contributed by atoms with E-state index in [0.717, 1.165) is 0 Å². The third-order valence-corrected chi connectivity index (χ3v) is 1.75. The molecule has 1 rings (SSSR count). The summed E-state index contributed by atoms with van der Waals surface area (Å²) in [6.07, 6.45) is -0.496. The van der Waals surface area contributed by atoms with E-state index >= 15 is 0 Å². The van der Waals surface area contributed by atoms with Gasteiger partial charge in [0.2, 0.25) is 0 Å². The zero-order chi connectivity index (χ0) is 11.3. The maximum absolute atomic E-state index is 11.4. The number of hydrogen-bond acceptors (Lipinski definition) is 5. The molecule has 0 spiro atoms. The Kier molecular flexibility index (Phi) is 4.11. The second-order valence-corrected chi connectivity index (χ2v) is 2.81. The van der Waals surface area contributed by atoms with E-state index in [9.17, 15) is 4.79 Å². The Bertz CT molecular complexity index is 335. The highest BCUT2D eigenvalue weighted by Gasteiger charge is 2.13. The molecule has 0 unspecified atom stereocenters. The van der Waals surface area contributed by atoms with Gasteiger partial charge in [0, 0.05) is 20.2 Å². The van der Waals surface area contributed by atoms with E-state index in [-0.39, 0.29) is 0 Å². The Morgan fingerprint density at radius 3 is 2.93 bits per heavy atom. The number of aromatic nitrogens is 2. The number of nitrogens with zero attached hydrogens (tertiary/aromatic N) is 2. The van der Waals surface area contributed by atoms with Gasteiger partial charge in [-0.1, -0.05) is 0 Å². The van der Waals surface area contributed by atoms with E-state index in [1.165, 1.54) is 4.68 Å². The molecule has 6 heteroatoms. The molecule has 6 nitrogen and oxygen atoms in total. The molecule has 0 saturated heterocycles. The predicted octanol–water partition coefficient (Wildman–Crippen LogP) is 1.08. The molecule has 1 aromatic heterocycles. The lowest BCUT2D eigenvalue weighted by molar-refractivity contribution is 0.149. The topological polar surface area (TPSA) is 65.4 Å². The fraction of sp³-hybridized carbons (Fsp3) is 0.556. The van der Waals surface area contributed by atoms with E-state index in [4.69, 9.17) is 9.47 Å². The average molecular weight is 213 g/mol. The van der Waals surface area contributed by atoms with Crippen molar-refractivity contribution in [1.29, 1.82) is 0 Å². The van der Waals surface area contributed by atoms with Crippen LogP contribution in [0.1, 0.15) is 12.6 Å². The number of hydrogen-bond donors (Lipinski definition) is 1. The van der Waals surface area contributed by atoms with Crippen LogP contribution in [0, 0.1) is 0 Å². The third-order valence-electron chi connectivity index (χ3n) is 1.75. The van der Waals surface area contributed by atoms with Gasteiger partial charge in [0.15, 0.2) is 0 Å². The Morgan fingerprint density at radius 2 is 2.40 bits per heavy atom. The van der Waals surface area contributed by atoms with Gasteiger partial charge < -0.3 is 14.8 Å². The van der Waals surface area contributed by atoms with Crippen LogP contribution < -0.4 is 5.32 Å². The van der Waals surface area contributed by atoms with Crippen molar-refractivity contribution >= 4 is 11.9 Å². The highest BCUT2D eigenvalue weighted by molar-refractivity contribution is 5.74. The predicted molar refractivity (Wildman–Crippen MR) is 54.9 cm³/mol. The van der Waals surface area contributed by atoms with Gasteiger partial charge in [-0.05, 0) is 6.92 Å². The molecule has 0 aliphatic rings. The minimum absolute atomic E-state index is 0.321. The van der Waals surface area contributed by atoms with Crippen LogP contribution in [0.4, 0.5) is 10.6 Å². The van der Waals surface area contributed by atoms with Gasteiger partial charge in [-0.2, -0.15) is 5.10 Å². The molecule has 0 amide bonds. The first-order chi connectivity index (χ1) is 7.22. The van der Waals surface area contributed by atoms with E-state index in [1.807, 2.05) is 0 Å². The number of ether oxygens (including phenoxy) is 2. The number of carbonyl (C=O) groups is 1. The minimum Gasteiger partial charge on any atom is -0.448 e. The molecule has 0 aliphatic carbocycles. The SMILES string of the molecule is CCOC(=O)n1nc(COC)cc1NC. The molecule has 0 aromatic carbocycles. The summed E-state index contributed by atoms with van der Waals surface area (Å²) in [6, 6.07) is 1.74. The smallest absolute Gasteiger partial charge is 0.436 e. The van der Waals surface area contributed by atoms with Crippen LogP contribution in [-0.4, -0.2) is 36.6 Å². The van der Waals surface area contributed by atoms with E-state index in [0.29, 0.717) is 24.7 Å². The molecular formula is C9H15N3O3. The fourth-order valence-corrected chi connectivity index (χ4v) is 1.15. The molecule has 84 valence electrons. The normalized spacial score (nSPS) is 10.1. The zero-order valence-corrected chi connectivity index (χ0v) is 9.11. The molecule has 0 aliphatic heterocycles. The number of methoxy groups -OCH3 is 1. The van der Waals surface area contributed by atoms with Crippen LogP contribution in [0.25, 0.3) is 0 Å². The molecule has 0 atom stereocenters. The molecule has 0 bridgehead atoms. The van der Waals surface area contributed by atoms with Gasteiger partial charge in [0.05, 0.1) is 18.9 Å².